The molecule has 0 bridgehead atoms. The summed E-state index contributed by atoms with van der Waals surface area (Å²) < 4.78 is 62.8. The molecule has 18 heteroatoms. The monoisotopic (exact) mass is 1250 g/mol. The predicted molar refractivity (Wildman–Crippen MR) is 344 cm³/mol. The molecule has 21 atom stereocenters. The second-order valence-electron chi connectivity index (χ2n) is 29.2. The Hall–Kier alpha value is -3.27. The Morgan fingerprint density at radius 2 is 0.989 bits per heavy atom. The van der Waals surface area contributed by atoms with E-state index in [2.05, 4.69) is 58.8 Å². The minimum absolute atomic E-state index is 0.00255. The van der Waals surface area contributed by atoms with Crippen molar-refractivity contribution in [2.45, 2.75) is 294 Å². The number of aliphatic hydroxyl groups excluding tert-OH is 1. The fourth-order valence-electron chi connectivity index (χ4n) is 13.6. The van der Waals surface area contributed by atoms with Gasteiger partial charge >= 0.3 is 11.9 Å². The lowest BCUT2D eigenvalue weighted by molar-refractivity contribution is -0.285. The predicted octanol–water partition coefficient (Wildman–Crippen LogP) is 11.9. The number of rotatable bonds is 28. The minimum atomic E-state index is -1.15. The second kappa shape index (κ2) is 31.6. The van der Waals surface area contributed by atoms with Crippen LogP contribution in [-0.4, -0.2) is 174 Å². The first kappa shape index (κ1) is 79.0. The Labute approximate surface area is 532 Å². The van der Waals surface area contributed by atoms with Gasteiger partial charge in [0, 0.05) is 83.6 Å². The van der Waals surface area contributed by atoms with Crippen LogP contribution in [-0.2, 0) is 61.8 Å². The number of ether oxygens (including phenoxy) is 10. The molecule has 0 spiro atoms. The molecule has 2 saturated heterocycles. The number of Topliss-reactive ketones (excluding diaryl/α,β-unsaturated/α-hetero) is 1. The molecule has 2 fully saturated rings. The molecular weight excluding hydrogens is 1120 g/mol. The zero-order valence-electron chi connectivity index (χ0n) is 60.3. The van der Waals surface area contributed by atoms with Gasteiger partial charge in [0.15, 0.2) is 18.4 Å². The van der Waals surface area contributed by atoms with E-state index in [1.54, 1.807) is 88.7 Å². The van der Waals surface area contributed by atoms with E-state index < -0.39 is 94.6 Å². The molecule has 4 rings (SSSR count). The van der Waals surface area contributed by atoms with E-state index in [0.29, 0.717) is 46.7 Å². The molecule has 3 N–H and O–H groups in total. The van der Waals surface area contributed by atoms with Gasteiger partial charge < -0.3 is 72.5 Å². The Kier molecular flexibility index (Phi) is 28.3. The summed E-state index contributed by atoms with van der Waals surface area (Å²) in [5.74, 6) is -3.73. The maximum absolute atomic E-state index is 13.7. The minimum Gasteiger partial charge on any atom is -0.456 e. The summed E-state index contributed by atoms with van der Waals surface area (Å²) in [7, 11) is 11.5. The molecule has 510 valence electrons. The summed E-state index contributed by atoms with van der Waals surface area (Å²) in [6.07, 6.45) is 4.32. The summed E-state index contributed by atoms with van der Waals surface area (Å²) in [5.41, 5.74) is -2.09. The average molecular weight is 1250 g/mol. The molecular formula is C70H124N2O16. The van der Waals surface area contributed by atoms with Crippen LogP contribution in [0.2, 0.25) is 0 Å². The SMILES string of the molecule is CC[C@@H](C)[C@@](C)(O)/C=C(\C)C(=O)[C@H](C)C[C@@](C)(OC)[C@H](O[C@@H]1OC(C)CC(N(C)C)C1C)[C@@H](C)C1=C(C)C(=O)OC(C)(C)O1.CC[C@@H](C)[C@@](C)(O)/C=C(\C)C(O)[C@H](C)C[C@@](C)(OC)[C@H](O[C@@H]1OC(C)CC(N(C)C)C1C)[C@@H](C)C1=C(C)C(=O)OC(C)(C)O1. The molecule has 7 unspecified atom stereocenters. The first-order chi connectivity index (χ1) is 40.2. The van der Waals surface area contributed by atoms with Gasteiger partial charge in [-0.2, -0.15) is 0 Å². The normalized spacial score (nSPS) is 30.4. The largest absolute Gasteiger partial charge is 0.456 e. The molecule has 0 amide bonds. The van der Waals surface area contributed by atoms with Crippen molar-refractivity contribution in [2.75, 3.05) is 42.4 Å². The lowest BCUT2D eigenvalue weighted by Crippen LogP contribution is -2.56. The molecule has 0 saturated carbocycles. The van der Waals surface area contributed by atoms with Crippen LogP contribution in [0.3, 0.4) is 0 Å². The highest BCUT2D eigenvalue weighted by Crippen LogP contribution is 2.45. The van der Waals surface area contributed by atoms with Crippen molar-refractivity contribution in [2.24, 2.45) is 47.3 Å². The summed E-state index contributed by atoms with van der Waals surface area (Å²) in [6, 6.07) is 0.488. The van der Waals surface area contributed by atoms with Gasteiger partial charge in [0.05, 0.1) is 64.1 Å². The van der Waals surface area contributed by atoms with Crippen molar-refractivity contribution in [3.63, 3.8) is 0 Å². The van der Waals surface area contributed by atoms with Crippen LogP contribution < -0.4 is 0 Å². The maximum Gasteiger partial charge on any atom is 0.340 e. The third kappa shape index (κ3) is 19.9. The third-order valence-electron chi connectivity index (χ3n) is 20.0. The van der Waals surface area contributed by atoms with Gasteiger partial charge in [0.25, 0.3) is 0 Å². The van der Waals surface area contributed by atoms with Gasteiger partial charge in [-0.05, 0) is 158 Å². The fraction of sp³-hybridized carbons (Fsp3) is 0.843. The van der Waals surface area contributed by atoms with E-state index in [4.69, 9.17) is 47.4 Å². The molecule has 4 aliphatic heterocycles. The molecule has 0 aromatic carbocycles. The van der Waals surface area contributed by atoms with Crippen LogP contribution in [0.25, 0.3) is 0 Å². The molecule has 0 aromatic heterocycles. The van der Waals surface area contributed by atoms with Crippen molar-refractivity contribution in [1.82, 2.24) is 9.80 Å². The Morgan fingerprint density at radius 3 is 1.33 bits per heavy atom. The van der Waals surface area contributed by atoms with Crippen LogP contribution in [0, 0.1) is 47.3 Å². The highest BCUT2D eigenvalue weighted by atomic mass is 16.7. The number of aliphatic hydroxyl groups is 3. The van der Waals surface area contributed by atoms with Crippen LogP contribution >= 0.6 is 0 Å². The molecule has 18 nitrogen and oxygen atoms in total. The first-order valence-electron chi connectivity index (χ1n) is 32.6. The number of hydrogen-bond acceptors (Lipinski definition) is 18. The van der Waals surface area contributed by atoms with E-state index in [0.717, 1.165) is 25.7 Å². The topological polar surface area (TPSA) is 211 Å². The van der Waals surface area contributed by atoms with E-state index in [9.17, 15) is 29.7 Å². The van der Waals surface area contributed by atoms with Crippen molar-refractivity contribution < 1.29 is 77.1 Å². The van der Waals surface area contributed by atoms with Crippen LogP contribution in [0.15, 0.2) is 46.0 Å². The number of allylic oxidation sites excluding steroid dienone is 1. The number of ketones is 1. The van der Waals surface area contributed by atoms with Gasteiger partial charge in [-0.15, -0.1) is 0 Å². The van der Waals surface area contributed by atoms with E-state index >= 15 is 0 Å². The number of methoxy groups -OCH3 is 2. The van der Waals surface area contributed by atoms with Crippen LogP contribution in [0.1, 0.15) is 205 Å². The number of nitrogens with zero attached hydrogens (tertiary/aromatic N) is 2. The summed E-state index contributed by atoms with van der Waals surface area (Å²) in [6.45, 7) is 45.5. The Bertz CT molecular complexity index is 2440. The Balaban J connectivity index is 0.000000460. The van der Waals surface area contributed by atoms with Gasteiger partial charge in [-0.1, -0.05) is 88.2 Å². The maximum atomic E-state index is 13.7. The van der Waals surface area contributed by atoms with Crippen molar-refractivity contribution >= 4 is 17.7 Å². The number of esters is 2. The third-order valence-corrected chi connectivity index (χ3v) is 20.0. The quantitative estimate of drug-likeness (QED) is 0.0378. The molecule has 0 aromatic rings. The number of carbonyl (C=O) groups excluding carboxylic acids is 3. The van der Waals surface area contributed by atoms with E-state index in [1.165, 1.54) is 0 Å². The van der Waals surface area contributed by atoms with Crippen molar-refractivity contribution in [1.29, 1.82) is 0 Å². The summed E-state index contributed by atoms with van der Waals surface area (Å²) >= 11 is 0. The van der Waals surface area contributed by atoms with Crippen molar-refractivity contribution in [3.05, 3.63) is 46.0 Å². The summed E-state index contributed by atoms with van der Waals surface area (Å²) in [4.78, 5) is 43.9. The molecule has 0 aliphatic carbocycles. The fourth-order valence-corrected chi connectivity index (χ4v) is 13.6. The lowest BCUT2D eigenvalue weighted by atomic mass is 9.77. The standard InChI is InChI=1S/C35H63NO8.C35H61NO8/c2*1-16-22(4)34(11,39)18-20(2)28(37)21(3)19-35(12,40-15)30(25(7)29-26(8)31(38)44-33(9,10)43-29)42-32-24(6)27(36(13)14)17-23(5)41-32/h18,21-25,27-28,30,32,37,39H,16-17,19H2,1-15H3;18,21-25,27,30,32,39H,16-17,19H2,1-15H3/b2*20-18+/t21-,22-,23?,24?,25+,27?,28?,30-,32+,34+,35-;21-,22-,23?,24?,25+,27?,30-,32+,34+,35-/m11/s1. The van der Waals surface area contributed by atoms with E-state index in [1.807, 2.05) is 83.1 Å². The van der Waals surface area contributed by atoms with E-state index in [-0.39, 0.29) is 59.7 Å². The van der Waals surface area contributed by atoms with Gasteiger partial charge in [-0.3, -0.25) is 4.79 Å². The molecule has 88 heavy (non-hydrogen) atoms. The summed E-state index contributed by atoms with van der Waals surface area (Å²) in [5, 5.41) is 33.5. The number of cyclic esters (lactones) is 2. The zero-order valence-corrected chi connectivity index (χ0v) is 60.3. The van der Waals surface area contributed by atoms with Gasteiger partial charge in [0.1, 0.15) is 11.5 Å². The first-order valence-corrected chi connectivity index (χ1v) is 32.6. The number of carbonyl (C=O) groups is 3. The molecule has 0 radical (unpaired) electrons. The second-order valence-corrected chi connectivity index (χ2v) is 29.2. The van der Waals surface area contributed by atoms with Crippen LogP contribution in [0.4, 0.5) is 0 Å². The van der Waals surface area contributed by atoms with Gasteiger partial charge in [0.2, 0.25) is 11.6 Å². The van der Waals surface area contributed by atoms with Crippen molar-refractivity contribution in [3.8, 4) is 0 Å². The van der Waals surface area contributed by atoms with Gasteiger partial charge in [-0.25, -0.2) is 9.59 Å². The highest BCUT2D eigenvalue weighted by Gasteiger charge is 2.52. The lowest BCUT2D eigenvalue weighted by Gasteiger charge is -2.48. The zero-order chi connectivity index (χ0) is 67.9. The molecule has 4 aliphatic rings. The Morgan fingerprint density at radius 1 is 0.636 bits per heavy atom. The smallest absolute Gasteiger partial charge is 0.340 e. The number of hydrogen-bond donors (Lipinski definition) is 3. The molecule has 4 heterocycles. The van der Waals surface area contributed by atoms with Crippen LogP contribution in [0.5, 0.6) is 0 Å². The average Bonchev–Trinajstić information content (AvgIpc) is 3.49. The highest BCUT2D eigenvalue weighted by molar-refractivity contribution is 5.96.